The smallest absolute Gasteiger partial charge is 0.456 e. The molecule has 0 bridgehead atoms. The van der Waals surface area contributed by atoms with E-state index in [1.54, 1.807) is 24.3 Å². The summed E-state index contributed by atoms with van der Waals surface area (Å²) in [4.78, 5) is 15.6. The van der Waals surface area contributed by atoms with Crippen molar-refractivity contribution >= 4 is 29.4 Å². The third kappa shape index (κ3) is 4.54. The minimum Gasteiger partial charge on any atom is -0.456 e. The number of ether oxygens (including phenoxy) is 3. The van der Waals surface area contributed by atoms with Crippen molar-refractivity contribution < 1.29 is 27.8 Å². The molecule has 1 aromatic heterocycles. The van der Waals surface area contributed by atoms with Gasteiger partial charge in [0.15, 0.2) is 0 Å². The van der Waals surface area contributed by atoms with Crippen LogP contribution in [-0.4, -0.2) is 17.7 Å². The van der Waals surface area contributed by atoms with Crippen molar-refractivity contribution in [2.45, 2.75) is 12.9 Å². The number of nitrogens with zero attached hydrogens (tertiary/aromatic N) is 3. The Hall–Kier alpha value is -3.94. The minimum atomic E-state index is -3.74. The van der Waals surface area contributed by atoms with Crippen LogP contribution in [0.5, 0.6) is 17.2 Å². The molecule has 1 amide bonds. The summed E-state index contributed by atoms with van der Waals surface area (Å²) < 4.78 is 41.3. The predicted octanol–water partition coefficient (Wildman–Crippen LogP) is 4.85. The van der Waals surface area contributed by atoms with Gasteiger partial charge in [0.05, 0.1) is 23.0 Å². The second-order valence-corrected chi connectivity index (χ2v) is 6.84. The first-order valence-corrected chi connectivity index (χ1v) is 9.44. The van der Waals surface area contributed by atoms with E-state index in [-0.39, 0.29) is 27.7 Å². The maximum Gasteiger partial charge on any atom is 0.535 e. The van der Waals surface area contributed by atoms with E-state index in [0.717, 1.165) is 5.01 Å². The van der Waals surface area contributed by atoms with Crippen LogP contribution >= 0.6 is 11.6 Å². The van der Waals surface area contributed by atoms with Crippen molar-refractivity contribution in [2.75, 3.05) is 10.4 Å². The number of anilines is 2. The average Bonchev–Trinajstić information content (AvgIpc) is 2.78. The van der Waals surface area contributed by atoms with Crippen LogP contribution < -0.4 is 19.9 Å². The number of hydrazine groups is 1. The highest BCUT2D eigenvalue weighted by molar-refractivity contribution is 6.32. The molecule has 0 spiro atoms. The second-order valence-electron chi connectivity index (χ2n) is 6.43. The molecule has 0 atom stereocenters. The molecule has 0 saturated heterocycles. The largest absolute Gasteiger partial charge is 0.535 e. The Morgan fingerprint density at radius 2 is 2.12 bits per heavy atom. The molecule has 2 heterocycles. The lowest BCUT2D eigenvalue weighted by Gasteiger charge is -2.29. The van der Waals surface area contributed by atoms with Gasteiger partial charge in [0.1, 0.15) is 29.0 Å². The number of nitriles is 1. The van der Waals surface area contributed by atoms with Gasteiger partial charge in [-0.25, -0.2) is 9.99 Å². The van der Waals surface area contributed by atoms with Crippen molar-refractivity contribution in [3.8, 4) is 23.3 Å². The summed E-state index contributed by atoms with van der Waals surface area (Å²) in [5, 5.41) is 10.2. The van der Waals surface area contributed by atoms with E-state index >= 15 is 0 Å². The fourth-order valence-electron chi connectivity index (χ4n) is 2.93. The molecule has 0 radical (unpaired) electrons. The highest BCUT2D eigenvalue weighted by Crippen LogP contribution is 2.39. The van der Waals surface area contributed by atoms with Gasteiger partial charge in [0, 0.05) is 17.8 Å². The molecule has 0 saturated carbocycles. The number of carbonyl (C=O) groups excluding carboxylic acids is 1. The van der Waals surface area contributed by atoms with Crippen molar-refractivity contribution in [1.29, 1.82) is 5.26 Å². The maximum atomic E-state index is 13.3. The lowest BCUT2D eigenvalue weighted by Crippen LogP contribution is -2.35. The molecule has 2 aromatic carbocycles. The highest BCUT2D eigenvalue weighted by Gasteiger charge is 2.39. The molecule has 1 aliphatic heterocycles. The van der Waals surface area contributed by atoms with Crippen LogP contribution in [0.15, 0.2) is 54.7 Å². The molecule has 4 rings (SSSR count). The molecule has 1 N–H and O–H groups in total. The molecular weight excluding hydrogens is 446 g/mol. The van der Waals surface area contributed by atoms with Gasteiger partial charge in [0.25, 0.3) is 0 Å². The average molecular weight is 459 g/mol. The quantitative estimate of drug-likeness (QED) is 0.416. The van der Waals surface area contributed by atoms with Gasteiger partial charge in [-0.05, 0) is 36.4 Å². The number of rotatable bonds is 6. The third-order valence-electron chi connectivity index (χ3n) is 4.34. The Kier molecular flexibility index (Phi) is 5.77. The molecule has 0 fully saturated rings. The van der Waals surface area contributed by atoms with Gasteiger partial charge in [0.2, 0.25) is 6.41 Å². The first-order chi connectivity index (χ1) is 15.4. The van der Waals surface area contributed by atoms with Gasteiger partial charge in [-0.15, -0.1) is 8.78 Å². The summed E-state index contributed by atoms with van der Waals surface area (Å²) in [5.74, 6) is 0.593. The molecular formula is C21H13ClF2N4O4. The van der Waals surface area contributed by atoms with Crippen molar-refractivity contribution in [3.63, 3.8) is 0 Å². The number of pyridine rings is 1. The highest BCUT2D eigenvalue weighted by atomic mass is 35.5. The van der Waals surface area contributed by atoms with Gasteiger partial charge in [-0.2, -0.15) is 5.26 Å². The zero-order valence-electron chi connectivity index (χ0n) is 16.1. The van der Waals surface area contributed by atoms with E-state index < -0.39 is 12.9 Å². The minimum absolute atomic E-state index is 0.0942. The van der Waals surface area contributed by atoms with Crippen LogP contribution in [0.1, 0.15) is 11.3 Å². The van der Waals surface area contributed by atoms with Crippen molar-refractivity contribution in [2.24, 2.45) is 0 Å². The number of nitrogens with one attached hydrogen (secondary N) is 1. The van der Waals surface area contributed by atoms with Gasteiger partial charge in [-0.1, -0.05) is 17.7 Å². The molecule has 162 valence electrons. The molecule has 8 nitrogen and oxygen atoms in total. The fraction of sp³-hybridized carbons (Fsp3) is 0.0952. The zero-order valence-corrected chi connectivity index (χ0v) is 16.8. The lowest BCUT2D eigenvalue weighted by molar-refractivity contribution is -0.367. The topological polar surface area (TPSA) is 96.7 Å². The number of halogens is 3. The summed E-state index contributed by atoms with van der Waals surface area (Å²) >= 11 is 6.30. The molecule has 0 aliphatic carbocycles. The second kappa shape index (κ2) is 8.66. The number of alkyl halides is 2. The molecule has 1 aliphatic rings. The maximum absolute atomic E-state index is 13.3. The van der Waals surface area contributed by atoms with E-state index in [9.17, 15) is 13.6 Å². The number of benzene rings is 2. The number of amides is 1. The normalized spacial score (nSPS) is 13.8. The first-order valence-electron chi connectivity index (χ1n) is 9.06. The Morgan fingerprint density at radius 3 is 2.88 bits per heavy atom. The molecule has 0 unspecified atom stereocenters. The van der Waals surface area contributed by atoms with Crippen molar-refractivity contribution in [1.82, 2.24) is 4.98 Å². The summed E-state index contributed by atoms with van der Waals surface area (Å²) in [5.41, 5.74) is 3.99. The van der Waals surface area contributed by atoms with Gasteiger partial charge < -0.3 is 9.47 Å². The van der Waals surface area contributed by atoms with E-state index in [2.05, 4.69) is 19.9 Å². The Morgan fingerprint density at radius 1 is 1.28 bits per heavy atom. The van der Waals surface area contributed by atoms with Crippen LogP contribution in [0.4, 0.5) is 20.2 Å². The Bertz CT molecular complexity index is 1220. The van der Waals surface area contributed by atoms with E-state index in [1.165, 1.54) is 30.5 Å². The summed E-state index contributed by atoms with van der Waals surface area (Å²) in [7, 11) is 0. The third-order valence-corrected chi connectivity index (χ3v) is 4.64. The molecule has 11 heteroatoms. The number of fused-ring (bicyclic) bond motifs is 1. The van der Waals surface area contributed by atoms with Crippen LogP contribution in [0.3, 0.4) is 0 Å². The first kappa shape index (κ1) is 21.3. The molecule has 32 heavy (non-hydrogen) atoms. The summed E-state index contributed by atoms with van der Waals surface area (Å²) in [6.07, 6.45) is -1.83. The van der Waals surface area contributed by atoms with Crippen LogP contribution in [-0.2, 0) is 16.1 Å². The van der Waals surface area contributed by atoms with Gasteiger partial charge in [-0.3, -0.25) is 15.0 Å². The van der Waals surface area contributed by atoms with Crippen LogP contribution in [0, 0.1) is 11.3 Å². The summed E-state index contributed by atoms with van der Waals surface area (Å²) in [6.45, 7) is -0.450. The number of carbonyl (C=O) groups is 1. The fourth-order valence-corrected chi connectivity index (χ4v) is 3.15. The monoisotopic (exact) mass is 458 g/mol. The standard InChI is InChI=1S/C21H13ClF2N4O4/c22-17-9-13(4-5-20(17)31-15-6-7-26-14(8-15)10-25)27-28(12-29)18-2-1-3-19-16(18)11-30-21(23,24)32-19/h1-9,12,27H,11H2. The lowest BCUT2D eigenvalue weighted by atomic mass is 10.1. The summed E-state index contributed by atoms with van der Waals surface area (Å²) in [6, 6.07) is 14.0. The van der Waals surface area contributed by atoms with Gasteiger partial charge >= 0.3 is 6.29 Å². The Labute approximate surface area is 185 Å². The van der Waals surface area contributed by atoms with E-state index in [4.69, 9.17) is 21.6 Å². The van der Waals surface area contributed by atoms with Crippen LogP contribution in [0.25, 0.3) is 0 Å². The van der Waals surface area contributed by atoms with Crippen LogP contribution in [0.2, 0.25) is 5.02 Å². The number of hydrogen-bond donors (Lipinski definition) is 1. The SMILES string of the molecule is N#Cc1cc(Oc2ccc(NN(C=O)c3cccc4c3COC(F)(F)O4)cc2Cl)ccn1. The van der Waals surface area contributed by atoms with Crippen molar-refractivity contribution in [3.05, 3.63) is 71.0 Å². The van der Waals surface area contributed by atoms with E-state index in [1.807, 2.05) is 6.07 Å². The zero-order chi connectivity index (χ0) is 22.7. The predicted molar refractivity (Wildman–Crippen MR) is 109 cm³/mol. The Balaban J connectivity index is 1.54. The number of hydrogen-bond acceptors (Lipinski definition) is 7. The van der Waals surface area contributed by atoms with E-state index in [0.29, 0.717) is 23.6 Å². The molecule has 3 aromatic rings. The number of aromatic nitrogens is 1.